The van der Waals surface area contributed by atoms with Crippen molar-refractivity contribution in [3.63, 3.8) is 0 Å². The molecule has 0 fully saturated rings. The fourth-order valence-corrected chi connectivity index (χ4v) is 0.853. The fourth-order valence-electron chi connectivity index (χ4n) is 0.853. The third-order valence-corrected chi connectivity index (χ3v) is 1.45. The summed E-state index contributed by atoms with van der Waals surface area (Å²) in [4.78, 5) is 21.3. The van der Waals surface area contributed by atoms with Crippen molar-refractivity contribution in [1.82, 2.24) is 15.2 Å². The average molecular weight is 206 g/mol. The van der Waals surface area contributed by atoms with Crippen molar-refractivity contribution in [3.05, 3.63) is 17.5 Å². The normalized spacial score (nSPS) is 9.00. The Balaban J connectivity index is 0.00000169. The second-order valence-corrected chi connectivity index (χ2v) is 2.30. The van der Waals surface area contributed by atoms with E-state index in [0.717, 1.165) is 10.7 Å². The van der Waals surface area contributed by atoms with Crippen LogP contribution in [0.25, 0.3) is 0 Å². The number of hydrogen-bond acceptors (Lipinski definition) is 5. The quantitative estimate of drug-likeness (QED) is 0.217. The molecule has 0 bridgehead atoms. The minimum Gasteiger partial charge on any atom is -0.543 e. The van der Waals surface area contributed by atoms with Crippen LogP contribution in [0.15, 0.2) is 6.07 Å². The molecule has 14 heavy (non-hydrogen) atoms. The molecule has 0 aliphatic rings. The summed E-state index contributed by atoms with van der Waals surface area (Å²) in [6, 6.07) is 1.08. The van der Waals surface area contributed by atoms with E-state index in [1.807, 2.05) is 5.43 Å². The first kappa shape index (κ1) is 13.1. The molecule has 1 aromatic rings. The standard InChI is InChI=1S/C6H8N4O3.Na/c1-10-4(5(11)8-7)2-3(9-10)6(12)13;/h2H,7H2,1H3,(H,8,11)(H,12,13);/q;+1/p-1. The van der Waals surface area contributed by atoms with Gasteiger partial charge in [-0.2, -0.15) is 5.10 Å². The SMILES string of the molecule is Cn1nc(C(=O)[O-])cc1C(=O)NN.[Na+]. The summed E-state index contributed by atoms with van der Waals surface area (Å²) in [5.41, 5.74) is 1.61. The average Bonchev–Trinajstić information content (AvgIpc) is 2.46. The number of carboxylic acid groups (broad SMARTS) is 1. The Hall–Kier alpha value is -0.890. The van der Waals surface area contributed by atoms with Crippen molar-refractivity contribution < 1.29 is 44.3 Å². The maximum atomic E-state index is 11.0. The van der Waals surface area contributed by atoms with E-state index in [0.29, 0.717) is 0 Å². The van der Waals surface area contributed by atoms with Crippen molar-refractivity contribution in [1.29, 1.82) is 0 Å². The predicted molar refractivity (Wildman–Crippen MR) is 39.2 cm³/mol. The number of aryl methyl sites for hydroxylation is 1. The number of nitrogens with one attached hydrogen (secondary N) is 1. The second-order valence-electron chi connectivity index (χ2n) is 2.30. The first-order valence-electron chi connectivity index (χ1n) is 3.32. The van der Waals surface area contributed by atoms with E-state index in [4.69, 9.17) is 5.84 Å². The molecule has 1 amide bonds. The molecule has 8 heteroatoms. The predicted octanol–water partition coefficient (Wildman–Crippen LogP) is -5.61. The Bertz CT molecular complexity index is 362. The minimum absolute atomic E-state index is 0. The summed E-state index contributed by atoms with van der Waals surface area (Å²) in [7, 11) is 1.43. The third-order valence-electron chi connectivity index (χ3n) is 1.45. The summed E-state index contributed by atoms with van der Waals surface area (Å²) < 4.78 is 1.10. The molecular formula is C6H7N4NaO3. The number of nitrogens with zero attached hydrogens (tertiary/aromatic N) is 2. The van der Waals surface area contributed by atoms with Gasteiger partial charge in [-0.25, -0.2) is 5.84 Å². The van der Waals surface area contributed by atoms with E-state index < -0.39 is 11.9 Å². The summed E-state index contributed by atoms with van der Waals surface area (Å²) >= 11 is 0. The van der Waals surface area contributed by atoms with Crippen molar-refractivity contribution in [2.45, 2.75) is 0 Å². The number of carbonyl (C=O) groups is 2. The maximum Gasteiger partial charge on any atom is 1.00 e. The van der Waals surface area contributed by atoms with Gasteiger partial charge in [0.15, 0.2) is 0 Å². The van der Waals surface area contributed by atoms with Gasteiger partial charge >= 0.3 is 29.6 Å². The first-order chi connectivity index (χ1) is 6.06. The molecule has 0 aliphatic carbocycles. The van der Waals surface area contributed by atoms with Crippen LogP contribution in [0.1, 0.15) is 21.0 Å². The fraction of sp³-hybridized carbons (Fsp3) is 0.167. The molecule has 0 atom stereocenters. The van der Waals surface area contributed by atoms with Crippen LogP contribution in [0.5, 0.6) is 0 Å². The van der Waals surface area contributed by atoms with Crippen LogP contribution >= 0.6 is 0 Å². The Kier molecular flexibility index (Phi) is 4.78. The molecule has 1 aromatic heterocycles. The molecule has 0 unspecified atom stereocenters. The van der Waals surface area contributed by atoms with Gasteiger partial charge in [0.25, 0.3) is 5.91 Å². The van der Waals surface area contributed by atoms with Crippen LogP contribution in [-0.2, 0) is 7.05 Å². The van der Waals surface area contributed by atoms with Gasteiger partial charge in [-0.3, -0.25) is 14.9 Å². The molecule has 3 N–H and O–H groups in total. The monoisotopic (exact) mass is 206 g/mol. The van der Waals surface area contributed by atoms with E-state index in [9.17, 15) is 14.7 Å². The molecule has 0 saturated heterocycles. The van der Waals surface area contributed by atoms with Crippen LogP contribution < -0.4 is 45.9 Å². The van der Waals surface area contributed by atoms with E-state index >= 15 is 0 Å². The number of aromatic nitrogens is 2. The molecule has 0 aromatic carbocycles. The number of aromatic carboxylic acids is 1. The third kappa shape index (κ3) is 2.55. The molecule has 0 spiro atoms. The number of rotatable bonds is 2. The summed E-state index contributed by atoms with van der Waals surface area (Å²) in [6.07, 6.45) is 0. The molecular weight excluding hydrogens is 199 g/mol. The Morgan fingerprint density at radius 3 is 2.57 bits per heavy atom. The Morgan fingerprint density at radius 1 is 1.64 bits per heavy atom. The van der Waals surface area contributed by atoms with Crippen molar-refractivity contribution in [2.75, 3.05) is 0 Å². The van der Waals surface area contributed by atoms with Gasteiger partial charge in [0.2, 0.25) is 0 Å². The van der Waals surface area contributed by atoms with Crippen LogP contribution in [0.4, 0.5) is 0 Å². The summed E-state index contributed by atoms with van der Waals surface area (Å²) in [5, 5.41) is 13.8. The maximum absolute atomic E-state index is 11.0. The molecule has 0 aliphatic heterocycles. The van der Waals surface area contributed by atoms with Crippen molar-refractivity contribution in [3.8, 4) is 0 Å². The van der Waals surface area contributed by atoms with Gasteiger partial charge in [-0.15, -0.1) is 0 Å². The first-order valence-corrected chi connectivity index (χ1v) is 3.32. The molecule has 0 radical (unpaired) electrons. The Morgan fingerprint density at radius 2 is 2.21 bits per heavy atom. The van der Waals surface area contributed by atoms with E-state index in [-0.39, 0.29) is 40.9 Å². The van der Waals surface area contributed by atoms with Crippen LogP contribution in [0.2, 0.25) is 0 Å². The number of carbonyl (C=O) groups excluding carboxylic acids is 2. The van der Waals surface area contributed by atoms with Crippen molar-refractivity contribution in [2.24, 2.45) is 12.9 Å². The number of hydrazine groups is 1. The van der Waals surface area contributed by atoms with Crippen LogP contribution in [0, 0.1) is 0 Å². The van der Waals surface area contributed by atoms with Gasteiger partial charge in [0.05, 0.1) is 5.97 Å². The second kappa shape index (κ2) is 5.11. The van der Waals surface area contributed by atoms with E-state index in [2.05, 4.69) is 5.10 Å². The molecule has 1 rings (SSSR count). The summed E-state index contributed by atoms with van der Waals surface area (Å²) in [5.74, 6) is 2.81. The van der Waals surface area contributed by atoms with Gasteiger partial charge in [-0.05, 0) is 6.07 Å². The number of amides is 1. The zero-order valence-corrected chi connectivity index (χ0v) is 9.77. The number of nitrogen functional groups attached to an aromatic ring is 1. The molecule has 0 saturated carbocycles. The number of nitrogens with two attached hydrogens (primary N) is 1. The topological polar surface area (TPSA) is 113 Å². The zero-order chi connectivity index (χ0) is 10.0. The van der Waals surface area contributed by atoms with Gasteiger partial charge in [-0.1, -0.05) is 0 Å². The number of carboxylic acids is 1. The van der Waals surface area contributed by atoms with Crippen molar-refractivity contribution >= 4 is 11.9 Å². The largest absolute Gasteiger partial charge is 1.00 e. The zero-order valence-electron chi connectivity index (χ0n) is 7.77. The molecule has 1 heterocycles. The molecule has 7 nitrogen and oxygen atoms in total. The number of hydrogen-bond donors (Lipinski definition) is 2. The van der Waals surface area contributed by atoms with Crippen LogP contribution in [-0.4, -0.2) is 21.7 Å². The van der Waals surface area contributed by atoms with Gasteiger partial charge in [0.1, 0.15) is 11.4 Å². The minimum atomic E-state index is -1.44. The van der Waals surface area contributed by atoms with E-state index in [1.165, 1.54) is 7.05 Å². The Labute approximate surface area is 102 Å². The summed E-state index contributed by atoms with van der Waals surface area (Å²) in [6.45, 7) is 0. The smallest absolute Gasteiger partial charge is 0.543 e. The molecule has 70 valence electrons. The van der Waals surface area contributed by atoms with Gasteiger partial charge < -0.3 is 9.90 Å². The van der Waals surface area contributed by atoms with Crippen LogP contribution in [0.3, 0.4) is 0 Å². The van der Waals surface area contributed by atoms with Gasteiger partial charge in [0, 0.05) is 7.05 Å². The van der Waals surface area contributed by atoms with E-state index in [1.54, 1.807) is 0 Å².